The summed E-state index contributed by atoms with van der Waals surface area (Å²) in [5.74, 6) is -6.39. The van der Waals surface area contributed by atoms with Crippen molar-refractivity contribution in [3.63, 3.8) is 0 Å². The number of esters is 1. The maximum atomic E-state index is 14.1. The number of methoxy groups -OCH3 is 1. The van der Waals surface area contributed by atoms with Crippen molar-refractivity contribution in [1.82, 2.24) is 4.90 Å². The molecule has 0 aliphatic carbocycles. The minimum atomic E-state index is -1.99. The van der Waals surface area contributed by atoms with E-state index in [1.54, 1.807) is 102 Å². The average molecular weight is 976 g/mol. The van der Waals surface area contributed by atoms with Crippen LogP contribution in [0.4, 0.5) is 0 Å². The van der Waals surface area contributed by atoms with Crippen molar-refractivity contribution in [1.29, 1.82) is 0 Å². The number of hydrogen-bond donors (Lipinski definition) is 5. The zero-order valence-corrected chi connectivity index (χ0v) is 42.3. The third-order valence-corrected chi connectivity index (χ3v) is 14.0. The van der Waals surface area contributed by atoms with Crippen LogP contribution in [0.25, 0.3) is 0 Å². The van der Waals surface area contributed by atoms with Gasteiger partial charge in [0.05, 0.1) is 58.8 Å². The number of aliphatic hydroxyl groups is 5. The predicted octanol–water partition coefficient (Wildman–Crippen LogP) is 4.40. The van der Waals surface area contributed by atoms with Crippen LogP contribution in [0.5, 0.6) is 0 Å². The highest BCUT2D eigenvalue weighted by Crippen LogP contribution is 2.41. The van der Waals surface area contributed by atoms with Gasteiger partial charge in [0.2, 0.25) is 0 Å². The van der Waals surface area contributed by atoms with Crippen LogP contribution in [-0.4, -0.2) is 160 Å². The lowest BCUT2D eigenvalue weighted by Gasteiger charge is -2.49. The van der Waals surface area contributed by atoms with Crippen LogP contribution in [-0.2, 0) is 47.8 Å². The molecule has 69 heavy (non-hydrogen) atoms. The van der Waals surface area contributed by atoms with Crippen molar-refractivity contribution >= 4 is 23.7 Å². The van der Waals surface area contributed by atoms with Crippen molar-refractivity contribution in [2.24, 2.45) is 23.7 Å². The number of aliphatic hydroxyl groups excluding tert-OH is 3. The Balaban J connectivity index is 0.000000478. The molecule has 5 rings (SSSR count). The van der Waals surface area contributed by atoms with E-state index in [0.29, 0.717) is 17.5 Å². The molecule has 3 aliphatic heterocycles. The molecule has 388 valence electrons. The lowest BCUT2D eigenvalue weighted by Crippen LogP contribution is -2.61. The third-order valence-electron chi connectivity index (χ3n) is 14.0. The van der Waals surface area contributed by atoms with Gasteiger partial charge >= 0.3 is 17.9 Å². The number of nitrogens with zero attached hydrogens (tertiary/aromatic N) is 1. The number of likely N-dealkylation sites (N-methyl/N-ethyl adjacent to an activating group) is 1. The van der Waals surface area contributed by atoms with Gasteiger partial charge in [-0.1, -0.05) is 64.1 Å². The average Bonchev–Trinajstić information content (AvgIpc) is 3.32. The number of ether oxygens (including phenoxy) is 6. The Morgan fingerprint density at radius 3 is 1.80 bits per heavy atom. The lowest BCUT2D eigenvalue weighted by molar-refractivity contribution is -0.318. The van der Waals surface area contributed by atoms with Gasteiger partial charge in [-0.2, -0.15) is 0 Å². The molecule has 0 amide bonds. The molecule has 0 aromatic heterocycles. The molecule has 0 spiro atoms. The monoisotopic (exact) mass is 976 g/mol. The van der Waals surface area contributed by atoms with Gasteiger partial charge in [-0.25, -0.2) is 19.4 Å². The van der Waals surface area contributed by atoms with Gasteiger partial charge in [0.1, 0.15) is 29.7 Å². The summed E-state index contributed by atoms with van der Waals surface area (Å²) in [5, 5.41) is 57.6. The molecule has 0 unspecified atom stereocenters. The summed E-state index contributed by atoms with van der Waals surface area (Å²) < 4.78 is 37.1. The number of cyclic esters (lactones) is 1. The van der Waals surface area contributed by atoms with Gasteiger partial charge in [0.15, 0.2) is 12.6 Å². The molecule has 3 aliphatic rings. The zero-order valence-electron chi connectivity index (χ0n) is 42.3. The van der Waals surface area contributed by atoms with Gasteiger partial charge in [-0.3, -0.25) is 9.59 Å². The summed E-state index contributed by atoms with van der Waals surface area (Å²) in [6, 6.07) is 16.3. The molecule has 0 radical (unpaired) electrons. The van der Waals surface area contributed by atoms with Crippen molar-refractivity contribution in [3.05, 3.63) is 71.8 Å². The van der Waals surface area contributed by atoms with Crippen LogP contribution < -0.4 is 0 Å². The Hall–Kier alpha value is -3.92. The smallest absolute Gasteiger partial charge is 0.386 e. The van der Waals surface area contributed by atoms with E-state index >= 15 is 0 Å². The van der Waals surface area contributed by atoms with Crippen LogP contribution in [0, 0.1) is 23.7 Å². The maximum absolute atomic E-state index is 14.1. The van der Waals surface area contributed by atoms with Crippen LogP contribution in [0.15, 0.2) is 60.7 Å². The number of rotatable bonds is 9. The van der Waals surface area contributed by atoms with Gasteiger partial charge < -0.3 is 58.9 Å². The van der Waals surface area contributed by atoms with E-state index < -0.39 is 119 Å². The SMILES string of the molecule is CC[C@H]1OC(=O)[C@H](C)[C@@H](O[C@H]2C[C@@](C)(OC)[C@@H](O)[C@H](C)O2)[C@@H](C)[C@@H](O[C@@H]2O[C@H](C)C[C@H](N(C)C)[C@H]2O)[C@](C)(O)C[C@@H](C)C(=O)[C@H](C)[C@H](O)[C@]1(C)O.O=C(OOC(=O)c1ccccc1)c1ccccc1. The van der Waals surface area contributed by atoms with Crippen LogP contribution >= 0.6 is 0 Å². The standard InChI is InChI=1S/C37H67NO13.C14H10O4/c1-14-25-37(10,45)30(41)20(4)27(39)18(2)16-35(8,44)32(51-34-28(40)24(38(11)12)15-19(3)47-34)21(5)29(22(6)33(43)49-25)50-26-17-36(9,46-13)31(42)23(7)48-26;15-13(11-7-3-1-4-8-11)17-18-14(16)12-9-5-2-6-10-12/h18-26,28-32,34,40-42,44-45H,14-17H2,1-13H3;1-10H/t18-,19-,20+,21-,22-,23+,24+,25-,26+,28-,29+,30+,31+,32-,34+,35-,36-,37-;/m1./s1. The lowest BCUT2D eigenvalue weighted by atomic mass is 9.74. The Bertz CT molecular complexity index is 1920. The highest BCUT2D eigenvalue weighted by molar-refractivity contribution is 5.92. The predicted molar refractivity (Wildman–Crippen MR) is 250 cm³/mol. The highest BCUT2D eigenvalue weighted by Gasteiger charge is 2.53. The fraction of sp³-hybridized carbons (Fsp3) is 0.686. The second-order valence-electron chi connectivity index (χ2n) is 19.9. The summed E-state index contributed by atoms with van der Waals surface area (Å²) >= 11 is 0. The van der Waals surface area contributed by atoms with Gasteiger partial charge in [-0.15, -0.1) is 0 Å². The molecule has 18 nitrogen and oxygen atoms in total. The van der Waals surface area contributed by atoms with E-state index in [-0.39, 0.29) is 31.4 Å². The molecule has 0 bridgehead atoms. The fourth-order valence-electron chi connectivity index (χ4n) is 9.73. The van der Waals surface area contributed by atoms with E-state index in [9.17, 15) is 44.7 Å². The summed E-state index contributed by atoms with van der Waals surface area (Å²) in [5.41, 5.74) is -4.20. The third kappa shape index (κ3) is 14.2. The molecular weight excluding hydrogens is 899 g/mol. The Kier molecular flexibility index (Phi) is 20.4. The summed E-state index contributed by atoms with van der Waals surface area (Å²) in [6.45, 7) is 16.3. The Morgan fingerprint density at radius 1 is 0.768 bits per heavy atom. The molecule has 18 atom stereocenters. The molecule has 0 saturated carbocycles. The van der Waals surface area contributed by atoms with E-state index in [0.717, 1.165) is 0 Å². The molecular formula is C51H77NO17. The Morgan fingerprint density at radius 2 is 1.30 bits per heavy atom. The first kappa shape index (κ1) is 57.7. The summed E-state index contributed by atoms with van der Waals surface area (Å²) in [6.07, 6.45) is -9.71. The van der Waals surface area contributed by atoms with Crippen LogP contribution in [0.2, 0.25) is 0 Å². The molecule has 3 saturated heterocycles. The zero-order chi connectivity index (χ0) is 51.8. The number of benzene rings is 2. The first-order valence-corrected chi connectivity index (χ1v) is 23.8. The Labute approximate surface area is 406 Å². The molecule has 5 N–H and O–H groups in total. The highest BCUT2D eigenvalue weighted by atomic mass is 17.2. The van der Waals surface area contributed by atoms with E-state index in [1.807, 2.05) is 25.9 Å². The fourth-order valence-corrected chi connectivity index (χ4v) is 9.73. The first-order valence-electron chi connectivity index (χ1n) is 23.8. The van der Waals surface area contributed by atoms with Gasteiger partial charge in [0.25, 0.3) is 0 Å². The number of carbonyl (C=O) groups excluding carboxylic acids is 4. The normalized spacial score (nSPS) is 39.3. The second-order valence-corrected chi connectivity index (χ2v) is 19.9. The minimum Gasteiger partial charge on any atom is -0.459 e. The molecule has 3 heterocycles. The van der Waals surface area contributed by atoms with Crippen molar-refractivity contribution < 1.29 is 82.9 Å². The minimum absolute atomic E-state index is 0.0936. The van der Waals surface area contributed by atoms with Crippen molar-refractivity contribution in [2.45, 2.75) is 179 Å². The maximum Gasteiger partial charge on any atom is 0.386 e. The largest absolute Gasteiger partial charge is 0.459 e. The van der Waals surface area contributed by atoms with Crippen molar-refractivity contribution in [3.8, 4) is 0 Å². The van der Waals surface area contributed by atoms with Gasteiger partial charge in [-0.05, 0) is 99.2 Å². The molecule has 2 aromatic rings. The molecule has 18 heteroatoms. The number of ketones is 1. The first-order chi connectivity index (χ1) is 32.2. The molecule has 3 fully saturated rings. The second kappa shape index (κ2) is 24.5. The number of carbonyl (C=O) groups is 4. The number of Topliss-reactive ketones (excluding diaryl/α,β-unsaturated/α-hetero) is 1. The summed E-state index contributed by atoms with van der Waals surface area (Å²) in [7, 11) is 5.18. The van der Waals surface area contributed by atoms with Crippen LogP contribution in [0.1, 0.15) is 116 Å². The van der Waals surface area contributed by atoms with Gasteiger partial charge in [0, 0.05) is 37.3 Å². The van der Waals surface area contributed by atoms with E-state index in [2.05, 4.69) is 9.78 Å². The number of hydrogen-bond acceptors (Lipinski definition) is 18. The topological polar surface area (TPSA) is 247 Å². The van der Waals surface area contributed by atoms with Crippen molar-refractivity contribution in [2.75, 3.05) is 21.2 Å². The summed E-state index contributed by atoms with van der Waals surface area (Å²) in [4.78, 5) is 61.6. The van der Waals surface area contributed by atoms with E-state index in [1.165, 1.54) is 27.9 Å². The van der Waals surface area contributed by atoms with E-state index in [4.69, 9.17) is 28.4 Å². The quantitative estimate of drug-likeness (QED) is 0.133. The van der Waals surface area contributed by atoms with Crippen LogP contribution in [0.3, 0.4) is 0 Å². The molecule has 2 aromatic carbocycles.